The lowest BCUT2D eigenvalue weighted by molar-refractivity contribution is -0.345. The van der Waals surface area contributed by atoms with Crippen LogP contribution in [0.1, 0.15) is 31.7 Å². The first kappa shape index (κ1) is 25.4. The molecule has 1 radical (unpaired) electrons. The van der Waals surface area contributed by atoms with Gasteiger partial charge in [-0.05, 0) is 52.4 Å². The van der Waals surface area contributed by atoms with Crippen LogP contribution in [0.25, 0.3) is 0 Å². The Bertz CT molecular complexity index is 590. The maximum absolute atomic E-state index is 10.3. The molecule has 2 rings (SSSR count). The molecule has 9 nitrogen and oxygen atoms in total. The minimum atomic E-state index is -2.19. The molecule has 1 aliphatic rings. The smallest absolute Gasteiger partial charge is 0.138 e. The van der Waals surface area contributed by atoms with Crippen molar-refractivity contribution in [3.05, 3.63) is 36.8 Å². The van der Waals surface area contributed by atoms with Crippen molar-refractivity contribution >= 4 is 23.7 Å². The first-order valence-corrected chi connectivity index (χ1v) is 8.89. The molecular weight excluding hydrogens is 368 g/mol. The van der Waals surface area contributed by atoms with Crippen LogP contribution < -0.4 is 20.6 Å². The van der Waals surface area contributed by atoms with Gasteiger partial charge in [-0.2, -0.15) is 0 Å². The number of anilines is 1. The number of carboxylic acids is 2. The number of ether oxygens (including phenoxy) is 1. The first-order valence-electron chi connectivity index (χ1n) is 8.89. The van der Waals surface area contributed by atoms with Gasteiger partial charge in [0.25, 0.3) is 0 Å². The fraction of sp³-hybridized carbons (Fsp3) is 0.474. The van der Waals surface area contributed by atoms with Gasteiger partial charge in [0.05, 0.1) is 18.5 Å². The summed E-state index contributed by atoms with van der Waals surface area (Å²) in [7, 11) is 0. The van der Waals surface area contributed by atoms with Crippen molar-refractivity contribution < 1.29 is 34.4 Å². The van der Waals surface area contributed by atoms with Crippen molar-refractivity contribution in [3.63, 3.8) is 0 Å². The summed E-state index contributed by atoms with van der Waals surface area (Å²) in [4.78, 5) is 30.6. The first-order chi connectivity index (χ1) is 13.3. The average Bonchev–Trinajstić information content (AvgIpc) is 2.68. The largest absolute Gasteiger partial charge is 0.543 e. The van der Waals surface area contributed by atoms with Gasteiger partial charge < -0.3 is 44.7 Å². The zero-order valence-electron chi connectivity index (χ0n) is 16.0. The number of carbonyl (C=O) groups is 3. The Hall–Kier alpha value is -2.65. The molecular formula is C19H26N2O7-3. The topological polar surface area (TPSA) is 145 Å². The number of carbonyl (C=O) groups excluding carboxylic acids is 3. The third-order valence-electron chi connectivity index (χ3n) is 3.65. The lowest BCUT2D eigenvalue weighted by Gasteiger charge is -2.24. The number of benzene rings is 1. The quantitative estimate of drug-likeness (QED) is 0.611. The van der Waals surface area contributed by atoms with E-state index in [4.69, 9.17) is 24.5 Å². The SMILES string of the molecule is CCOCc1ccccc1NC(=O)[O-].O=C([O-])C(=O)[O-].[CH2]CN1CCCCC1. The number of nitrogens with one attached hydrogen (secondary N) is 1. The van der Waals surface area contributed by atoms with Crippen LogP contribution in [0.3, 0.4) is 0 Å². The second-order valence-corrected chi connectivity index (χ2v) is 5.68. The summed E-state index contributed by atoms with van der Waals surface area (Å²) in [6.45, 7) is 10.3. The Labute approximate surface area is 164 Å². The van der Waals surface area contributed by atoms with E-state index in [2.05, 4.69) is 17.1 Å². The molecule has 157 valence electrons. The molecule has 1 amide bonds. The molecule has 1 aromatic carbocycles. The summed E-state index contributed by atoms with van der Waals surface area (Å²) in [5, 5.41) is 30.4. The van der Waals surface area contributed by atoms with Crippen LogP contribution in [-0.4, -0.2) is 49.2 Å². The summed E-state index contributed by atoms with van der Waals surface area (Å²) in [6, 6.07) is 7.06. The zero-order valence-corrected chi connectivity index (χ0v) is 16.0. The van der Waals surface area contributed by atoms with Crippen molar-refractivity contribution in [2.75, 3.05) is 31.6 Å². The number of rotatable bonds is 5. The van der Waals surface area contributed by atoms with Gasteiger partial charge in [-0.25, -0.2) is 0 Å². The van der Waals surface area contributed by atoms with E-state index in [0.29, 0.717) is 18.9 Å². The normalized spacial score (nSPS) is 13.2. The lowest BCUT2D eigenvalue weighted by Crippen LogP contribution is -2.42. The molecule has 1 aliphatic heterocycles. The Morgan fingerprint density at radius 2 is 1.64 bits per heavy atom. The molecule has 0 saturated carbocycles. The molecule has 0 aliphatic carbocycles. The second kappa shape index (κ2) is 15.4. The van der Waals surface area contributed by atoms with E-state index in [1.54, 1.807) is 18.2 Å². The Morgan fingerprint density at radius 3 is 2.07 bits per heavy atom. The van der Waals surface area contributed by atoms with Crippen LogP contribution in [-0.2, 0) is 20.9 Å². The van der Waals surface area contributed by atoms with E-state index >= 15 is 0 Å². The van der Waals surface area contributed by atoms with Crippen LogP contribution in [0.4, 0.5) is 10.5 Å². The van der Waals surface area contributed by atoms with Crippen molar-refractivity contribution in [1.29, 1.82) is 0 Å². The second-order valence-electron chi connectivity index (χ2n) is 5.68. The minimum Gasteiger partial charge on any atom is -0.543 e. The molecule has 0 bridgehead atoms. The Balaban J connectivity index is 0.000000439. The summed E-state index contributed by atoms with van der Waals surface area (Å²) in [6.07, 6.45) is 2.88. The molecule has 1 heterocycles. The van der Waals surface area contributed by atoms with Gasteiger partial charge >= 0.3 is 0 Å². The number of nitrogens with zero attached hydrogens (tertiary/aromatic N) is 1. The molecule has 9 heteroatoms. The van der Waals surface area contributed by atoms with Crippen molar-refractivity contribution in [2.24, 2.45) is 0 Å². The number of aliphatic carboxylic acids is 2. The van der Waals surface area contributed by atoms with E-state index in [9.17, 15) is 9.90 Å². The van der Waals surface area contributed by atoms with E-state index in [1.807, 2.05) is 13.0 Å². The predicted octanol–water partition coefficient (Wildman–Crippen LogP) is -1.23. The average molecular weight is 394 g/mol. The number of hydrogen-bond donors (Lipinski definition) is 1. The van der Waals surface area contributed by atoms with Crippen LogP contribution in [0.5, 0.6) is 0 Å². The fourth-order valence-electron chi connectivity index (χ4n) is 2.27. The molecule has 1 N–H and O–H groups in total. The number of hydrogen-bond acceptors (Lipinski definition) is 8. The molecule has 1 aromatic rings. The maximum atomic E-state index is 10.3. The highest BCUT2D eigenvalue weighted by Gasteiger charge is 2.05. The van der Waals surface area contributed by atoms with E-state index in [1.165, 1.54) is 32.4 Å². The van der Waals surface area contributed by atoms with Crippen molar-refractivity contribution in [2.45, 2.75) is 32.8 Å². The van der Waals surface area contributed by atoms with Gasteiger partial charge in [-0.3, -0.25) is 0 Å². The Morgan fingerprint density at radius 1 is 1.07 bits per heavy atom. The number of amides is 1. The maximum Gasteiger partial charge on any atom is 0.138 e. The summed E-state index contributed by atoms with van der Waals surface area (Å²) in [5.41, 5.74) is 1.32. The van der Waals surface area contributed by atoms with Gasteiger partial charge in [0.2, 0.25) is 0 Å². The number of piperidine rings is 1. The molecule has 0 aromatic heterocycles. The molecule has 0 spiro atoms. The van der Waals surface area contributed by atoms with Crippen LogP contribution in [0.2, 0.25) is 0 Å². The van der Waals surface area contributed by atoms with E-state index in [-0.39, 0.29) is 0 Å². The van der Waals surface area contributed by atoms with E-state index < -0.39 is 18.0 Å². The predicted molar refractivity (Wildman–Crippen MR) is 96.5 cm³/mol. The van der Waals surface area contributed by atoms with Crippen LogP contribution in [0.15, 0.2) is 24.3 Å². The monoisotopic (exact) mass is 394 g/mol. The standard InChI is InChI=1S/C10H13NO3.C7H14N.C2H2O4/c1-2-14-7-8-5-3-4-6-9(8)11-10(12)13;1-2-8-6-4-3-5-7-8;3-1(4)2(5)6/h3-6,11H,2,7H2,1H3,(H,12,13);1-7H2;(H,3,4)(H,5,6)/p-3. The summed E-state index contributed by atoms with van der Waals surface area (Å²) < 4.78 is 5.19. The molecule has 0 unspecified atom stereocenters. The van der Waals surface area contributed by atoms with Gasteiger partial charge in [0, 0.05) is 17.9 Å². The summed E-state index contributed by atoms with van der Waals surface area (Å²) in [5.74, 6) is -4.37. The minimum absolute atomic E-state index is 0.396. The third-order valence-corrected chi connectivity index (χ3v) is 3.65. The number of likely N-dealkylation sites (tertiary alicyclic amines) is 1. The third kappa shape index (κ3) is 12.7. The van der Waals surface area contributed by atoms with Gasteiger partial charge in [-0.1, -0.05) is 24.6 Å². The zero-order chi connectivity index (χ0) is 21.4. The Kier molecular flexibility index (Phi) is 14.0. The highest BCUT2D eigenvalue weighted by molar-refractivity contribution is 6.25. The van der Waals surface area contributed by atoms with Crippen molar-refractivity contribution in [1.82, 2.24) is 4.90 Å². The van der Waals surface area contributed by atoms with E-state index in [0.717, 1.165) is 12.1 Å². The highest BCUT2D eigenvalue weighted by Crippen LogP contribution is 2.15. The molecule has 1 fully saturated rings. The molecule has 28 heavy (non-hydrogen) atoms. The lowest BCUT2D eigenvalue weighted by atomic mass is 10.1. The van der Waals surface area contributed by atoms with Gasteiger partial charge in [-0.15, -0.1) is 0 Å². The fourth-order valence-corrected chi connectivity index (χ4v) is 2.27. The number of para-hydroxylation sites is 1. The van der Waals surface area contributed by atoms with Crippen molar-refractivity contribution in [3.8, 4) is 0 Å². The van der Waals surface area contributed by atoms with Gasteiger partial charge in [0.1, 0.15) is 6.09 Å². The molecule has 0 atom stereocenters. The summed E-state index contributed by atoms with van der Waals surface area (Å²) >= 11 is 0. The highest BCUT2D eigenvalue weighted by atomic mass is 16.5. The van der Waals surface area contributed by atoms with Gasteiger partial charge in [0.15, 0.2) is 0 Å². The van der Waals surface area contributed by atoms with Crippen LogP contribution >= 0.6 is 0 Å². The number of carboxylic acid groups (broad SMARTS) is 3. The van der Waals surface area contributed by atoms with Crippen LogP contribution in [0, 0.1) is 6.92 Å². The molecule has 1 saturated heterocycles.